The molecule has 0 spiro atoms. The quantitative estimate of drug-likeness (QED) is 0.771. The van der Waals surface area contributed by atoms with Gasteiger partial charge in [0.1, 0.15) is 12.0 Å². The molecule has 144 valence electrons. The Kier molecular flexibility index (Phi) is 4.65. The second kappa shape index (κ2) is 6.72. The van der Waals surface area contributed by atoms with Crippen LogP contribution in [-0.4, -0.2) is 34.7 Å². The van der Waals surface area contributed by atoms with Crippen molar-refractivity contribution < 1.29 is 18.4 Å². The fraction of sp³-hybridized carbons (Fsp3) is 0.550. The van der Waals surface area contributed by atoms with Crippen molar-refractivity contribution in [2.45, 2.75) is 64.4 Å². The summed E-state index contributed by atoms with van der Waals surface area (Å²) >= 11 is 0. The first-order valence-electron chi connectivity index (χ1n) is 9.59. The minimum absolute atomic E-state index is 0.0888. The third kappa shape index (κ3) is 3.44. The summed E-state index contributed by atoms with van der Waals surface area (Å²) in [6, 6.07) is 6.36. The van der Waals surface area contributed by atoms with E-state index in [1.165, 1.54) is 12.1 Å². The molecular weight excluding hydrogens is 346 g/mol. The fourth-order valence-corrected chi connectivity index (χ4v) is 3.46. The molecule has 27 heavy (non-hydrogen) atoms. The van der Waals surface area contributed by atoms with Crippen molar-refractivity contribution in [3.8, 4) is 11.3 Å². The van der Waals surface area contributed by atoms with Gasteiger partial charge in [-0.3, -0.25) is 0 Å². The largest absolute Gasteiger partial charge is 0.498 e. The van der Waals surface area contributed by atoms with Crippen LogP contribution in [0, 0.1) is 5.82 Å². The van der Waals surface area contributed by atoms with Gasteiger partial charge in [0.2, 0.25) is 0 Å². The number of nitrogens with zero attached hydrogens (tertiary/aromatic N) is 2. The van der Waals surface area contributed by atoms with Crippen molar-refractivity contribution >= 4 is 12.6 Å². The standard InChI is InChI=1S/C20H26BFN2O3/c1-19(2)20(3,4)27-21(26-19)16-13-24(17-7-5-6-12-25-17)23-18(16)14-8-10-15(22)11-9-14/h8-11,13,17H,5-7,12H2,1-4H3. The third-order valence-corrected chi connectivity index (χ3v) is 5.84. The number of benzene rings is 1. The second-order valence-corrected chi connectivity index (χ2v) is 8.33. The molecule has 2 aromatic rings. The summed E-state index contributed by atoms with van der Waals surface area (Å²) in [7, 11) is -0.535. The van der Waals surface area contributed by atoms with E-state index in [0.717, 1.165) is 42.6 Å². The minimum atomic E-state index is -0.535. The van der Waals surface area contributed by atoms with E-state index >= 15 is 0 Å². The third-order valence-electron chi connectivity index (χ3n) is 5.84. The van der Waals surface area contributed by atoms with E-state index in [0.29, 0.717) is 0 Å². The molecule has 1 atom stereocenters. The van der Waals surface area contributed by atoms with Crippen molar-refractivity contribution in [2.75, 3.05) is 6.61 Å². The van der Waals surface area contributed by atoms with Crippen LogP contribution < -0.4 is 5.46 Å². The highest BCUT2D eigenvalue weighted by atomic mass is 19.1. The SMILES string of the molecule is CC1(C)OB(c2cn(C3CCCCO3)nc2-c2ccc(F)cc2)OC1(C)C. The summed E-state index contributed by atoms with van der Waals surface area (Å²) in [5.74, 6) is -0.272. The Morgan fingerprint density at radius 1 is 1.07 bits per heavy atom. The summed E-state index contributed by atoms with van der Waals surface area (Å²) in [6.45, 7) is 8.85. The zero-order valence-electron chi connectivity index (χ0n) is 16.4. The number of hydrogen-bond acceptors (Lipinski definition) is 4. The average Bonchev–Trinajstić information content (AvgIpc) is 3.15. The maximum atomic E-state index is 13.4. The number of rotatable bonds is 3. The highest BCUT2D eigenvalue weighted by Crippen LogP contribution is 2.37. The van der Waals surface area contributed by atoms with E-state index in [1.54, 1.807) is 12.1 Å². The van der Waals surface area contributed by atoms with Gasteiger partial charge in [0, 0.05) is 23.8 Å². The van der Waals surface area contributed by atoms with Gasteiger partial charge in [0.15, 0.2) is 0 Å². The highest BCUT2D eigenvalue weighted by Gasteiger charge is 2.53. The smallest absolute Gasteiger partial charge is 0.399 e. The van der Waals surface area contributed by atoms with Crippen LogP contribution in [0.15, 0.2) is 30.5 Å². The van der Waals surface area contributed by atoms with E-state index < -0.39 is 18.3 Å². The van der Waals surface area contributed by atoms with E-state index in [4.69, 9.17) is 19.1 Å². The van der Waals surface area contributed by atoms with Crippen LogP contribution in [0.5, 0.6) is 0 Å². The molecule has 0 saturated carbocycles. The van der Waals surface area contributed by atoms with Gasteiger partial charge in [-0.1, -0.05) is 0 Å². The highest BCUT2D eigenvalue weighted by molar-refractivity contribution is 6.63. The molecule has 2 aliphatic heterocycles. The summed E-state index contributed by atoms with van der Waals surface area (Å²) < 4.78 is 33.7. The normalized spacial score (nSPS) is 24.3. The zero-order valence-corrected chi connectivity index (χ0v) is 16.4. The van der Waals surface area contributed by atoms with E-state index in [9.17, 15) is 4.39 Å². The minimum Gasteiger partial charge on any atom is -0.399 e. The van der Waals surface area contributed by atoms with Crippen molar-refractivity contribution in [2.24, 2.45) is 0 Å². The molecule has 1 unspecified atom stereocenters. The molecule has 0 aliphatic carbocycles. The number of halogens is 1. The Bertz CT molecular complexity index is 797. The van der Waals surface area contributed by atoms with Crippen molar-refractivity contribution in [3.05, 3.63) is 36.3 Å². The molecule has 4 rings (SSSR count). The van der Waals surface area contributed by atoms with Crippen LogP contribution in [0.4, 0.5) is 4.39 Å². The lowest BCUT2D eigenvalue weighted by atomic mass is 9.78. The van der Waals surface area contributed by atoms with E-state index in [1.807, 2.05) is 38.6 Å². The van der Waals surface area contributed by atoms with Gasteiger partial charge in [-0.15, -0.1) is 0 Å². The van der Waals surface area contributed by atoms with Gasteiger partial charge in [0.25, 0.3) is 0 Å². The Balaban J connectivity index is 1.74. The molecule has 7 heteroatoms. The summed E-state index contributed by atoms with van der Waals surface area (Å²) in [5, 5.41) is 4.78. The van der Waals surface area contributed by atoms with Gasteiger partial charge in [0.05, 0.1) is 16.9 Å². The van der Waals surface area contributed by atoms with Gasteiger partial charge in [-0.05, 0) is 71.2 Å². The lowest BCUT2D eigenvalue weighted by Crippen LogP contribution is -2.41. The topological polar surface area (TPSA) is 45.5 Å². The van der Waals surface area contributed by atoms with Crippen molar-refractivity contribution in [1.29, 1.82) is 0 Å². The number of hydrogen-bond donors (Lipinski definition) is 0. The fourth-order valence-electron chi connectivity index (χ4n) is 3.46. The maximum absolute atomic E-state index is 13.4. The molecule has 2 saturated heterocycles. The molecule has 2 fully saturated rings. The van der Waals surface area contributed by atoms with Crippen LogP contribution in [0.1, 0.15) is 53.2 Å². The van der Waals surface area contributed by atoms with Crippen LogP contribution in [-0.2, 0) is 14.0 Å². The van der Waals surface area contributed by atoms with Crippen molar-refractivity contribution in [1.82, 2.24) is 9.78 Å². The number of aromatic nitrogens is 2. The maximum Gasteiger partial charge on any atom is 0.498 e. The first-order chi connectivity index (χ1) is 12.8. The first kappa shape index (κ1) is 18.7. The summed E-state index contributed by atoms with van der Waals surface area (Å²) in [5.41, 5.74) is 1.52. The van der Waals surface area contributed by atoms with Gasteiger partial charge in [-0.2, -0.15) is 5.10 Å². The van der Waals surface area contributed by atoms with Crippen LogP contribution >= 0.6 is 0 Å². The molecule has 0 amide bonds. The molecule has 2 aliphatic rings. The molecule has 1 aromatic heterocycles. The van der Waals surface area contributed by atoms with Crippen LogP contribution in [0.2, 0.25) is 0 Å². The van der Waals surface area contributed by atoms with Crippen LogP contribution in [0.25, 0.3) is 11.3 Å². The van der Waals surface area contributed by atoms with Crippen LogP contribution in [0.3, 0.4) is 0 Å². The lowest BCUT2D eigenvalue weighted by Gasteiger charge is -2.32. The van der Waals surface area contributed by atoms with E-state index in [-0.39, 0.29) is 12.0 Å². The lowest BCUT2D eigenvalue weighted by molar-refractivity contribution is -0.0393. The van der Waals surface area contributed by atoms with Gasteiger partial charge < -0.3 is 14.0 Å². The predicted molar refractivity (Wildman–Crippen MR) is 102 cm³/mol. The molecule has 5 nitrogen and oxygen atoms in total. The Hall–Kier alpha value is -1.70. The summed E-state index contributed by atoms with van der Waals surface area (Å²) in [6.07, 6.45) is 4.98. The Morgan fingerprint density at radius 2 is 1.74 bits per heavy atom. The van der Waals surface area contributed by atoms with Gasteiger partial charge >= 0.3 is 7.12 Å². The molecular formula is C20H26BFN2O3. The molecule has 0 N–H and O–H groups in total. The predicted octanol–water partition coefficient (Wildman–Crippen LogP) is 3.69. The zero-order chi connectivity index (χ0) is 19.2. The first-order valence-corrected chi connectivity index (χ1v) is 9.59. The average molecular weight is 372 g/mol. The van der Waals surface area contributed by atoms with Crippen molar-refractivity contribution in [3.63, 3.8) is 0 Å². The monoisotopic (exact) mass is 372 g/mol. The Morgan fingerprint density at radius 3 is 2.33 bits per heavy atom. The second-order valence-electron chi connectivity index (χ2n) is 8.33. The Labute approximate surface area is 159 Å². The summed E-state index contributed by atoms with van der Waals surface area (Å²) in [4.78, 5) is 0. The number of ether oxygens (including phenoxy) is 1. The molecule has 1 aromatic carbocycles. The molecule has 3 heterocycles. The molecule has 0 radical (unpaired) electrons. The molecule has 0 bridgehead atoms. The van der Waals surface area contributed by atoms with Gasteiger partial charge in [-0.25, -0.2) is 9.07 Å². The van der Waals surface area contributed by atoms with E-state index in [2.05, 4.69) is 0 Å².